The van der Waals surface area contributed by atoms with Gasteiger partial charge in [-0.05, 0) is 18.1 Å². The molecule has 0 aromatic carbocycles. The molecule has 0 aromatic heterocycles. The van der Waals surface area contributed by atoms with Crippen LogP contribution in [0.5, 0.6) is 0 Å². The fourth-order valence-corrected chi connectivity index (χ4v) is 0.913. The SMILES string of the molecule is [C]1=C(C2C=CC2)C=C1. The van der Waals surface area contributed by atoms with Crippen molar-refractivity contribution in [2.24, 2.45) is 5.92 Å². The van der Waals surface area contributed by atoms with Gasteiger partial charge in [-0.25, -0.2) is 0 Å². The van der Waals surface area contributed by atoms with Crippen LogP contribution in [0.4, 0.5) is 0 Å². The summed E-state index contributed by atoms with van der Waals surface area (Å²) in [5.74, 6) is 0.722. The van der Waals surface area contributed by atoms with Crippen molar-refractivity contribution in [1.82, 2.24) is 0 Å². The van der Waals surface area contributed by atoms with Crippen LogP contribution in [0.1, 0.15) is 6.42 Å². The van der Waals surface area contributed by atoms with Gasteiger partial charge in [0.2, 0.25) is 0 Å². The normalized spacial score (nSPS) is 31.0. The van der Waals surface area contributed by atoms with Gasteiger partial charge in [-0.2, -0.15) is 0 Å². The highest BCUT2D eigenvalue weighted by Crippen LogP contribution is 2.28. The highest BCUT2D eigenvalue weighted by atomic mass is 14.2. The molecule has 0 saturated heterocycles. The maximum absolute atomic E-state index is 3.13. The largest absolute Gasteiger partial charge is 0.0870 e. The first kappa shape index (κ1) is 4.13. The summed E-state index contributed by atoms with van der Waals surface area (Å²) in [6.07, 6.45) is 12.9. The molecule has 2 aliphatic rings. The zero-order valence-corrected chi connectivity index (χ0v) is 4.59. The van der Waals surface area contributed by atoms with Crippen molar-refractivity contribution >= 4 is 0 Å². The van der Waals surface area contributed by atoms with Gasteiger partial charge >= 0.3 is 0 Å². The van der Waals surface area contributed by atoms with Gasteiger partial charge in [-0.15, -0.1) is 0 Å². The van der Waals surface area contributed by atoms with E-state index in [4.69, 9.17) is 0 Å². The van der Waals surface area contributed by atoms with Crippen molar-refractivity contribution in [3.8, 4) is 0 Å². The summed E-state index contributed by atoms with van der Waals surface area (Å²) in [5, 5.41) is 0. The number of rotatable bonds is 1. The second kappa shape index (κ2) is 1.35. The van der Waals surface area contributed by atoms with Crippen LogP contribution in [0.15, 0.2) is 29.9 Å². The molecular weight excluding hydrogens is 96.1 g/mol. The van der Waals surface area contributed by atoms with Crippen LogP contribution in [-0.4, -0.2) is 0 Å². The van der Waals surface area contributed by atoms with E-state index < -0.39 is 0 Å². The smallest absolute Gasteiger partial charge is 0.00586 e. The molecule has 0 aliphatic heterocycles. The lowest BCUT2D eigenvalue weighted by atomic mass is 9.84. The van der Waals surface area contributed by atoms with Crippen molar-refractivity contribution in [2.45, 2.75) is 6.42 Å². The molecule has 8 heavy (non-hydrogen) atoms. The lowest BCUT2D eigenvalue weighted by molar-refractivity contribution is 0.720. The van der Waals surface area contributed by atoms with Crippen LogP contribution in [0.25, 0.3) is 0 Å². The standard InChI is InChI=1S/C8H7/c1-3-7(4-1)8-5-2-6-8/h1-3,5,7H,4H2. The van der Waals surface area contributed by atoms with Crippen molar-refractivity contribution in [3.63, 3.8) is 0 Å². The molecule has 39 valence electrons. The Kier molecular flexibility index (Phi) is 0.696. The van der Waals surface area contributed by atoms with Crippen LogP contribution >= 0.6 is 0 Å². The molecule has 1 unspecified atom stereocenters. The summed E-state index contributed by atoms with van der Waals surface area (Å²) in [5.41, 5.74) is 1.38. The quantitative estimate of drug-likeness (QED) is 0.444. The number of hydrogen-bond acceptors (Lipinski definition) is 0. The van der Waals surface area contributed by atoms with Gasteiger partial charge in [0.25, 0.3) is 0 Å². The van der Waals surface area contributed by atoms with Crippen LogP contribution in [0.2, 0.25) is 0 Å². The second-order valence-corrected chi connectivity index (χ2v) is 2.20. The maximum Gasteiger partial charge on any atom is 0.00586 e. The highest BCUT2D eigenvalue weighted by molar-refractivity contribution is 5.37. The van der Waals surface area contributed by atoms with E-state index in [0.717, 1.165) is 5.92 Å². The predicted octanol–water partition coefficient (Wildman–Crippen LogP) is 1.86. The molecule has 0 bridgehead atoms. The van der Waals surface area contributed by atoms with Crippen molar-refractivity contribution in [2.75, 3.05) is 0 Å². The second-order valence-electron chi connectivity index (χ2n) is 2.20. The first-order valence-electron chi connectivity index (χ1n) is 2.93. The molecular formula is C8H7. The first-order valence-corrected chi connectivity index (χ1v) is 2.93. The molecule has 0 saturated carbocycles. The van der Waals surface area contributed by atoms with Gasteiger partial charge in [-0.1, -0.05) is 24.3 Å². The number of hydrogen-bond donors (Lipinski definition) is 0. The van der Waals surface area contributed by atoms with Gasteiger partial charge in [0.05, 0.1) is 0 Å². The molecule has 0 heterocycles. The first-order chi connectivity index (χ1) is 3.97. The molecule has 0 fully saturated rings. The minimum absolute atomic E-state index is 0.722. The summed E-state index contributed by atoms with van der Waals surface area (Å²) < 4.78 is 0. The van der Waals surface area contributed by atoms with E-state index in [0.29, 0.717) is 0 Å². The summed E-state index contributed by atoms with van der Waals surface area (Å²) in [7, 11) is 0. The van der Waals surface area contributed by atoms with E-state index in [2.05, 4.69) is 24.3 Å². The van der Waals surface area contributed by atoms with Gasteiger partial charge in [-0.3, -0.25) is 0 Å². The van der Waals surface area contributed by atoms with Crippen molar-refractivity contribution in [1.29, 1.82) is 0 Å². The average Bonchev–Trinajstić information content (AvgIpc) is 1.47. The Morgan fingerprint density at radius 3 is 2.50 bits per heavy atom. The van der Waals surface area contributed by atoms with Gasteiger partial charge in [0, 0.05) is 5.92 Å². The Balaban J connectivity index is 2.08. The average molecular weight is 103 g/mol. The molecule has 0 heteroatoms. The summed E-state index contributed by atoms with van der Waals surface area (Å²) in [4.78, 5) is 0. The Morgan fingerprint density at radius 1 is 1.62 bits per heavy atom. The fourth-order valence-electron chi connectivity index (χ4n) is 0.913. The van der Waals surface area contributed by atoms with E-state index in [1.54, 1.807) is 0 Å². The van der Waals surface area contributed by atoms with Crippen molar-refractivity contribution in [3.05, 3.63) is 36.0 Å². The molecule has 0 spiro atoms. The van der Waals surface area contributed by atoms with Crippen LogP contribution < -0.4 is 0 Å². The Labute approximate surface area is 49.2 Å². The molecule has 0 aromatic rings. The van der Waals surface area contributed by atoms with Crippen LogP contribution in [0, 0.1) is 12.0 Å². The van der Waals surface area contributed by atoms with Gasteiger partial charge in [0.15, 0.2) is 0 Å². The number of allylic oxidation sites excluding steroid dienone is 6. The van der Waals surface area contributed by atoms with Crippen LogP contribution in [-0.2, 0) is 0 Å². The lowest BCUT2D eigenvalue weighted by Gasteiger charge is -2.20. The third-order valence-electron chi connectivity index (χ3n) is 1.67. The van der Waals surface area contributed by atoms with Crippen LogP contribution in [0.3, 0.4) is 0 Å². The molecule has 1 atom stereocenters. The predicted molar refractivity (Wildman–Crippen MR) is 33.1 cm³/mol. The highest BCUT2D eigenvalue weighted by Gasteiger charge is 2.15. The Morgan fingerprint density at radius 2 is 2.38 bits per heavy atom. The van der Waals surface area contributed by atoms with E-state index >= 15 is 0 Å². The van der Waals surface area contributed by atoms with E-state index in [9.17, 15) is 0 Å². The van der Waals surface area contributed by atoms with Gasteiger partial charge < -0.3 is 0 Å². The zero-order chi connectivity index (χ0) is 5.40. The maximum atomic E-state index is 3.13. The summed E-state index contributed by atoms with van der Waals surface area (Å²) >= 11 is 0. The lowest BCUT2D eigenvalue weighted by Crippen LogP contribution is -2.07. The van der Waals surface area contributed by atoms with E-state index in [1.807, 2.05) is 6.08 Å². The summed E-state index contributed by atoms with van der Waals surface area (Å²) in [6, 6.07) is 0. The molecule has 0 nitrogen and oxygen atoms in total. The molecule has 0 amide bonds. The minimum Gasteiger partial charge on any atom is -0.0870 e. The fraction of sp³-hybridized carbons (Fsp3) is 0.250. The summed E-state index contributed by atoms with van der Waals surface area (Å²) in [6.45, 7) is 0. The van der Waals surface area contributed by atoms with E-state index in [-0.39, 0.29) is 0 Å². The Hall–Kier alpha value is -0.780. The monoisotopic (exact) mass is 103 g/mol. The topological polar surface area (TPSA) is 0 Å². The van der Waals surface area contributed by atoms with Gasteiger partial charge in [0.1, 0.15) is 0 Å². The Bertz CT molecular complexity index is 182. The minimum atomic E-state index is 0.722. The molecule has 1 radical (unpaired) electrons. The van der Waals surface area contributed by atoms with Crippen molar-refractivity contribution < 1.29 is 0 Å². The molecule has 2 aliphatic carbocycles. The molecule has 2 rings (SSSR count). The molecule has 0 N–H and O–H groups in total. The zero-order valence-electron chi connectivity index (χ0n) is 4.59. The third-order valence-corrected chi connectivity index (χ3v) is 1.67. The van der Waals surface area contributed by atoms with E-state index in [1.165, 1.54) is 12.0 Å². The third kappa shape index (κ3) is 0.401.